The van der Waals surface area contributed by atoms with Crippen LogP contribution < -0.4 is 5.32 Å². The molecule has 0 radical (unpaired) electrons. The molecule has 0 saturated heterocycles. The standard InChI is InChI=1S/C13H16BrFN4/c1-10(12-4-3-11(15)9-13(12)14)16-5-2-7-19-8-6-17-18-19/h3-4,6,8-10,16H,2,5,7H2,1H3. The summed E-state index contributed by atoms with van der Waals surface area (Å²) in [7, 11) is 0. The van der Waals surface area contributed by atoms with Crippen LogP contribution in [-0.4, -0.2) is 21.5 Å². The van der Waals surface area contributed by atoms with E-state index in [1.54, 1.807) is 16.9 Å². The van der Waals surface area contributed by atoms with Crippen molar-refractivity contribution < 1.29 is 4.39 Å². The van der Waals surface area contributed by atoms with Gasteiger partial charge in [-0.15, -0.1) is 5.10 Å². The predicted molar refractivity (Wildman–Crippen MR) is 75.2 cm³/mol. The van der Waals surface area contributed by atoms with Crippen LogP contribution in [-0.2, 0) is 6.54 Å². The zero-order valence-corrected chi connectivity index (χ0v) is 12.3. The van der Waals surface area contributed by atoms with Gasteiger partial charge in [0.1, 0.15) is 5.82 Å². The molecule has 2 aromatic rings. The third kappa shape index (κ3) is 4.11. The van der Waals surface area contributed by atoms with Gasteiger partial charge in [-0.05, 0) is 37.6 Å². The van der Waals surface area contributed by atoms with Crippen molar-refractivity contribution in [2.75, 3.05) is 6.54 Å². The van der Waals surface area contributed by atoms with E-state index in [0.717, 1.165) is 29.5 Å². The van der Waals surface area contributed by atoms with Crippen LogP contribution in [0.15, 0.2) is 35.1 Å². The van der Waals surface area contributed by atoms with E-state index in [1.165, 1.54) is 12.1 Å². The first-order valence-electron chi connectivity index (χ1n) is 6.19. The van der Waals surface area contributed by atoms with Gasteiger partial charge in [0, 0.05) is 23.3 Å². The lowest BCUT2D eigenvalue weighted by Crippen LogP contribution is -2.21. The summed E-state index contributed by atoms with van der Waals surface area (Å²) in [4.78, 5) is 0. The summed E-state index contributed by atoms with van der Waals surface area (Å²) in [5.74, 6) is -0.228. The van der Waals surface area contributed by atoms with Gasteiger partial charge in [0.2, 0.25) is 0 Å². The van der Waals surface area contributed by atoms with Gasteiger partial charge in [0.25, 0.3) is 0 Å². The number of rotatable bonds is 6. The number of nitrogens with zero attached hydrogens (tertiary/aromatic N) is 3. The van der Waals surface area contributed by atoms with Gasteiger partial charge in [0.15, 0.2) is 0 Å². The zero-order valence-electron chi connectivity index (χ0n) is 10.7. The van der Waals surface area contributed by atoms with Crippen LogP contribution in [0.25, 0.3) is 0 Å². The molecule has 102 valence electrons. The summed E-state index contributed by atoms with van der Waals surface area (Å²) in [6.45, 7) is 3.77. The monoisotopic (exact) mass is 326 g/mol. The molecule has 1 aromatic carbocycles. The molecule has 0 aliphatic carbocycles. The molecule has 0 spiro atoms. The maximum absolute atomic E-state index is 13.0. The molecule has 1 heterocycles. The minimum atomic E-state index is -0.228. The van der Waals surface area contributed by atoms with Crippen molar-refractivity contribution in [1.82, 2.24) is 20.3 Å². The lowest BCUT2D eigenvalue weighted by Gasteiger charge is -2.15. The first kappa shape index (κ1) is 14.1. The highest BCUT2D eigenvalue weighted by Crippen LogP contribution is 2.23. The molecule has 1 N–H and O–H groups in total. The zero-order chi connectivity index (χ0) is 13.7. The lowest BCUT2D eigenvalue weighted by atomic mass is 10.1. The second kappa shape index (κ2) is 6.77. The fourth-order valence-electron chi connectivity index (χ4n) is 1.87. The maximum atomic E-state index is 13.0. The molecular formula is C13H16BrFN4. The molecule has 1 atom stereocenters. The molecule has 0 aliphatic heterocycles. The summed E-state index contributed by atoms with van der Waals surface area (Å²) < 4.78 is 15.6. The fourth-order valence-corrected chi connectivity index (χ4v) is 2.57. The van der Waals surface area contributed by atoms with Crippen molar-refractivity contribution in [1.29, 1.82) is 0 Å². The number of aryl methyl sites for hydroxylation is 1. The van der Waals surface area contributed by atoms with Crippen LogP contribution in [0.5, 0.6) is 0 Å². The molecule has 1 unspecified atom stereocenters. The van der Waals surface area contributed by atoms with Crippen LogP contribution in [0.3, 0.4) is 0 Å². The molecule has 1 aromatic heterocycles. The number of benzene rings is 1. The fraction of sp³-hybridized carbons (Fsp3) is 0.385. The van der Waals surface area contributed by atoms with E-state index in [0.29, 0.717) is 0 Å². The second-order valence-corrected chi connectivity index (χ2v) is 5.22. The van der Waals surface area contributed by atoms with Crippen molar-refractivity contribution in [2.24, 2.45) is 0 Å². The molecule has 4 nitrogen and oxygen atoms in total. The SMILES string of the molecule is CC(NCCCn1ccnn1)c1ccc(F)cc1Br. The topological polar surface area (TPSA) is 42.7 Å². The van der Waals surface area contributed by atoms with E-state index in [-0.39, 0.29) is 11.9 Å². The first-order chi connectivity index (χ1) is 9.16. The third-order valence-corrected chi connectivity index (χ3v) is 3.60. The van der Waals surface area contributed by atoms with Crippen LogP contribution in [0.4, 0.5) is 4.39 Å². The Kier molecular flexibility index (Phi) is 5.04. The molecular weight excluding hydrogens is 311 g/mol. The highest BCUT2D eigenvalue weighted by molar-refractivity contribution is 9.10. The van der Waals surface area contributed by atoms with Gasteiger partial charge in [-0.25, -0.2) is 4.39 Å². The van der Waals surface area contributed by atoms with E-state index >= 15 is 0 Å². The van der Waals surface area contributed by atoms with Gasteiger partial charge < -0.3 is 5.32 Å². The molecule has 0 aliphatic rings. The van der Waals surface area contributed by atoms with E-state index in [9.17, 15) is 4.39 Å². The van der Waals surface area contributed by atoms with Crippen LogP contribution in [0, 0.1) is 5.82 Å². The number of aromatic nitrogens is 3. The maximum Gasteiger partial charge on any atom is 0.124 e. The second-order valence-electron chi connectivity index (χ2n) is 4.36. The molecule has 2 rings (SSSR count). The predicted octanol–water partition coefficient (Wildman–Crippen LogP) is 2.92. The normalized spacial score (nSPS) is 12.6. The smallest absolute Gasteiger partial charge is 0.124 e. The Morgan fingerprint density at radius 1 is 1.47 bits per heavy atom. The first-order valence-corrected chi connectivity index (χ1v) is 6.98. The van der Waals surface area contributed by atoms with Crippen molar-refractivity contribution in [3.05, 3.63) is 46.4 Å². The average Bonchev–Trinajstić information content (AvgIpc) is 2.87. The van der Waals surface area contributed by atoms with Gasteiger partial charge in [-0.2, -0.15) is 0 Å². The summed E-state index contributed by atoms with van der Waals surface area (Å²) in [6.07, 6.45) is 4.48. The molecule has 6 heteroatoms. The molecule has 19 heavy (non-hydrogen) atoms. The van der Waals surface area contributed by atoms with E-state index in [4.69, 9.17) is 0 Å². The Morgan fingerprint density at radius 3 is 3.00 bits per heavy atom. The Labute approximate surface area is 120 Å². The van der Waals surface area contributed by atoms with Crippen molar-refractivity contribution in [3.63, 3.8) is 0 Å². The Balaban J connectivity index is 1.79. The molecule has 0 bridgehead atoms. The van der Waals surface area contributed by atoms with Crippen molar-refractivity contribution in [2.45, 2.75) is 25.9 Å². The van der Waals surface area contributed by atoms with E-state index in [1.807, 2.05) is 6.20 Å². The quantitative estimate of drug-likeness (QED) is 0.830. The average molecular weight is 327 g/mol. The number of halogens is 2. The summed E-state index contributed by atoms with van der Waals surface area (Å²) in [6, 6.07) is 4.94. The van der Waals surface area contributed by atoms with Crippen molar-refractivity contribution >= 4 is 15.9 Å². The van der Waals surface area contributed by atoms with Crippen molar-refractivity contribution in [3.8, 4) is 0 Å². The Hall–Kier alpha value is -1.27. The number of hydrogen-bond acceptors (Lipinski definition) is 3. The largest absolute Gasteiger partial charge is 0.310 e. The summed E-state index contributed by atoms with van der Waals surface area (Å²) in [5.41, 5.74) is 1.06. The van der Waals surface area contributed by atoms with Gasteiger partial charge >= 0.3 is 0 Å². The third-order valence-electron chi connectivity index (χ3n) is 2.92. The van der Waals surface area contributed by atoms with E-state index < -0.39 is 0 Å². The van der Waals surface area contributed by atoms with Crippen LogP contribution >= 0.6 is 15.9 Å². The molecule has 0 fully saturated rings. The van der Waals surface area contributed by atoms with Gasteiger partial charge in [-0.3, -0.25) is 4.68 Å². The Morgan fingerprint density at radius 2 is 2.32 bits per heavy atom. The highest BCUT2D eigenvalue weighted by atomic mass is 79.9. The minimum Gasteiger partial charge on any atom is -0.310 e. The van der Waals surface area contributed by atoms with E-state index in [2.05, 4.69) is 38.5 Å². The Bertz CT molecular complexity index is 515. The van der Waals surface area contributed by atoms with Crippen LogP contribution in [0.1, 0.15) is 24.9 Å². The minimum absolute atomic E-state index is 0.172. The summed E-state index contributed by atoms with van der Waals surface area (Å²) >= 11 is 3.39. The van der Waals surface area contributed by atoms with Gasteiger partial charge in [0.05, 0.1) is 6.20 Å². The summed E-state index contributed by atoms with van der Waals surface area (Å²) in [5, 5.41) is 11.1. The lowest BCUT2D eigenvalue weighted by molar-refractivity contribution is 0.498. The molecule has 0 saturated carbocycles. The van der Waals surface area contributed by atoms with Gasteiger partial charge in [-0.1, -0.05) is 27.2 Å². The number of hydrogen-bond donors (Lipinski definition) is 1. The highest BCUT2D eigenvalue weighted by Gasteiger charge is 2.09. The number of nitrogens with one attached hydrogen (secondary N) is 1. The molecule has 0 amide bonds. The van der Waals surface area contributed by atoms with Crippen LogP contribution in [0.2, 0.25) is 0 Å².